The van der Waals surface area contributed by atoms with Gasteiger partial charge in [0.1, 0.15) is 5.82 Å². The normalized spacial score (nSPS) is 20.4. The number of aryl methyl sites for hydroxylation is 1. The van der Waals surface area contributed by atoms with Crippen LogP contribution < -0.4 is 5.32 Å². The van der Waals surface area contributed by atoms with E-state index >= 15 is 0 Å². The lowest BCUT2D eigenvalue weighted by Gasteiger charge is -2.32. The monoisotopic (exact) mass is 322 g/mol. The SMILES string of the molecule is CNC1CCCN(S(=O)(=O)c2cc(F)ccc2C)C1.Cl. The third-order valence-corrected chi connectivity index (χ3v) is 5.57. The molecular weight excluding hydrogens is 303 g/mol. The molecule has 0 bridgehead atoms. The van der Waals surface area contributed by atoms with Crippen LogP contribution in [0.3, 0.4) is 0 Å². The lowest BCUT2D eigenvalue weighted by Crippen LogP contribution is -2.46. The molecule has 0 radical (unpaired) electrons. The predicted octanol–water partition coefficient (Wildman–Crippen LogP) is 1.93. The number of piperidine rings is 1. The molecule has 4 nitrogen and oxygen atoms in total. The fraction of sp³-hybridized carbons (Fsp3) is 0.538. The lowest BCUT2D eigenvalue weighted by molar-refractivity contribution is 0.292. The van der Waals surface area contributed by atoms with Gasteiger partial charge in [0.05, 0.1) is 4.90 Å². The van der Waals surface area contributed by atoms with Gasteiger partial charge in [0.15, 0.2) is 0 Å². The van der Waals surface area contributed by atoms with Crippen LogP contribution in [0.1, 0.15) is 18.4 Å². The molecule has 0 aliphatic carbocycles. The molecule has 1 atom stereocenters. The summed E-state index contributed by atoms with van der Waals surface area (Å²) in [6, 6.07) is 4.05. The molecule has 7 heteroatoms. The Morgan fingerprint density at radius 2 is 2.10 bits per heavy atom. The predicted molar refractivity (Wildman–Crippen MR) is 79.2 cm³/mol. The number of benzene rings is 1. The summed E-state index contributed by atoms with van der Waals surface area (Å²) in [5.74, 6) is -0.522. The molecule has 1 unspecified atom stereocenters. The summed E-state index contributed by atoms with van der Waals surface area (Å²) in [4.78, 5) is 0.0734. The molecule has 20 heavy (non-hydrogen) atoms. The summed E-state index contributed by atoms with van der Waals surface area (Å²) in [6.45, 7) is 2.62. The van der Waals surface area contributed by atoms with Crippen molar-refractivity contribution in [3.63, 3.8) is 0 Å². The molecule has 1 aliphatic rings. The minimum atomic E-state index is -3.60. The maximum Gasteiger partial charge on any atom is 0.243 e. The van der Waals surface area contributed by atoms with Crippen molar-refractivity contribution in [3.05, 3.63) is 29.6 Å². The van der Waals surface area contributed by atoms with Gasteiger partial charge in [-0.25, -0.2) is 12.8 Å². The third-order valence-electron chi connectivity index (χ3n) is 3.56. The van der Waals surface area contributed by atoms with Crippen LogP contribution in [0.25, 0.3) is 0 Å². The molecule has 1 N–H and O–H groups in total. The Kier molecular flexibility index (Phi) is 5.94. The molecule has 0 saturated carbocycles. The third kappa shape index (κ3) is 3.49. The molecule has 1 heterocycles. The zero-order valence-electron chi connectivity index (χ0n) is 11.6. The Labute approximate surface area is 125 Å². The largest absolute Gasteiger partial charge is 0.316 e. The molecule has 1 saturated heterocycles. The first kappa shape index (κ1) is 17.4. The van der Waals surface area contributed by atoms with Gasteiger partial charge in [-0.1, -0.05) is 6.07 Å². The summed E-state index contributed by atoms with van der Waals surface area (Å²) in [5.41, 5.74) is 0.577. The van der Waals surface area contributed by atoms with Crippen LogP contribution >= 0.6 is 12.4 Å². The van der Waals surface area contributed by atoms with Gasteiger partial charge < -0.3 is 5.32 Å². The number of sulfonamides is 1. The van der Waals surface area contributed by atoms with Gasteiger partial charge in [0.25, 0.3) is 0 Å². The van der Waals surface area contributed by atoms with E-state index in [0.717, 1.165) is 18.9 Å². The first-order valence-corrected chi connectivity index (χ1v) is 7.82. The zero-order chi connectivity index (χ0) is 14.0. The number of hydrogen-bond acceptors (Lipinski definition) is 3. The molecule has 2 rings (SSSR count). The summed E-state index contributed by atoms with van der Waals surface area (Å²) >= 11 is 0. The van der Waals surface area contributed by atoms with E-state index in [2.05, 4.69) is 5.32 Å². The highest BCUT2D eigenvalue weighted by atomic mass is 35.5. The van der Waals surface area contributed by atoms with E-state index < -0.39 is 15.8 Å². The zero-order valence-corrected chi connectivity index (χ0v) is 13.2. The van der Waals surface area contributed by atoms with Gasteiger partial charge in [-0.2, -0.15) is 4.31 Å². The Bertz CT molecular complexity index is 565. The number of hydrogen-bond donors (Lipinski definition) is 1. The van der Waals surface area contributed by atoms with E-state index in [1.165, 1.54) is 16.4 Å². The average Bonchev–Trinajstić information content (AvgIpc) is 2.41. The molecule has 0 amide bonds. The van der Waals surface area contributed by atoms with Gasteiger partial charge >= 0.3 is 0 Å². The fourth-order valence-corrected chi connectivity index (χ4v) is 4.15. The highest BCUT2D eigenvalue weighted by molar-refractivity contribution is 7.89. The van der Waals surface area contributed by atoms with Crippen LogP contribution in [0.15, 0.2) is 23.1 Å². The van der Waals surface area contributed by atoms with Crippen molar-refractivity contribution in [3.8, 4) is 0 Å². The number of halogens is 2. The van der Waals surface area contributed by atoms with E-state index in [1.807, 2.05) is 7.05 Å². The van der Waals surface area contributed by atoms with Crippen LogP contribution in [0.2, 0.25) is 0 Å². The second-order valence-electron chi connectivity index (χ2n) is 4.90. The van der Waals surface area contributed by atoms with E-state index in [4.69, 9.17) is 0 Å². The van der Waals surface area contributed by atoms with Crippen molar-refractivity contribution in [2.24, 2.45) is 0 Å². The molecule has 114 valence electrons. The quantitative estimate of drug-likeness (QED) is 0.925. The van der Waals surface area contributed by atoms with Crippen LogP contribution in [0, 0.1) is 12.7 Å². The van der Waals surface area contributed by atoms with Gasteiger partial charge in [-0.05, 0) is 44.5 Å². The second-order valence-corrected chi connectivity index (χ2v) is 6.81. The first-order chi connectivity index (χ1) is 8.95. The summed E-state index contributed by atoms with van der Waals surface area (Å²) in [7, 11) is -1.78. The van der Waals surface area contributed by atoms with Gasteiger partial charge in [-0.3, -0.25) is 0 Å². The van der Waals surface area contributed by atoms with Crippen molar-refractivity contribution < 1.29 is 12.8 Å². The van der Waals surface area contributed by atoms with Crippen LogP contribution in [0.5, 0.6) is 0 Å². The van der Waals surface area contributed by atoms with E-state index in [0.29, 0.717) is 18.7 Å². The molecular formula is C13H20ClFN2O2S. The minimum absolute atomic E-state index is 0. The van der Waals surface area contributed by atoms with Crippen molar-refractivity contribution in [2.75, 3.05) is 20.1 Å². The molecule has 1 aromatic rings. The second kappa shape index (κ2) is 6.85. The van der Waals surface area contributed by atoms with Crippen molar-refractivity contribution in [1.82, 2.24) is 9.62 Å². The Morgan fingerprint density at radius 1 is 1.40 bits per heavy atom. The standard InChI is InChI=1S/C13H19FN2O2S.ClH/c1-10-5-6-11(14)8-13(10)19(17,18)16-7-3-4-12(9-16)15-2;/h5-6,8,12,15H,3-4,7,9H2,1-2H3;1H. The minimum Gasteiger partial charge on any atom is -0.316 e. The molecule has 1 aliphatic heterocycles. The number of likely N-dealkylation sites (N-methyl/N-ethyl adjacent to an activating group) is 1. The number of nitrogens with zero attached hydrogens (tertiary/aromatic N) is 1. The molecule has 1 fully saturated rings. The van der Waals surface area contributed by atoms with Gasteiger partial charge in [-0.15, -0.1) is 12.4 Å². The van der Waals surface area contributed by atoms with E-state index in [1.54, 1.807) is 6.92 Å². The number of rotatable bonds is 3. The number of nitrogens with one attached hydrogen (secondary N) is 1. The smallest absolute Gasteiger partial charge is 0.243 e. The first-order valence-electron chi connectivity index (χ1n) is 6.38. The van der Waals surface area contributed by atoms with Gasteiger partial charge in [0, 0.05) is 19.1 Å². The van der Waals surface area contributed by atoms with Crippen LogP contribution in [-0.2, 0) is 10.0 Å². The Balaban J connectivity index is 0.00000200. The Morgan fingerprint density at radius 3 is 2.75 bits per heavy atom. The summed E-state index contributed by atoms with van der Waals surface area (Å²) < 4.78 is 39.8. The van der Waals surface area contributed by atoms with Crippen molar-refractivity contribution in [2.45, 2.75) is 30.7 Å². The topological polar surface area (TPSA) is 49.4 Å². The van der Waals surface area contributed by atoms with Crippen LogP contribution in [-0.4, -0.2) is 38.9 Å². The average molecular weight is 323 g/mol. The summed E-state index contributed by atoms with van der Waals surface area (Å²) in [5, 5.41) is 3.10. The molecule has 0 aromatic heterocycles. The lowest BCUT2D eigenvalue weighted by atomic mass is 10.1. The van der Waals surface area contributed by atoms with Crippen LogP contribution in [0.4, 0.5) is 4.39 Å². The van der Waals surface area contributed by atoms with E-state index in [9.17, 15) is 12.8 Å². The summed E-state index contributed by atoms with van der Waals surface area (Å²) in [6.07, 6.45) is 1.78. The maximum atomic E-state index is 13.3. The van der Waals surface area contributed by atoms with E-state index in [-0.39, 0.29) is 23.3 Å². The van der Waals surface area contributed by atoms with Crippen molar-refractivity contribution >= 4 is 22.4 Å². The molecule has 0 spiro atoms. The highest BCUT2D eigenvalue weighted by Crippen LogP contribution is 2.24. The van der Waals surface area contributed by atoms with Crippen molar-refractivity contribution in [1.29, 1.82) is 0 Å². The molecule has 1 aromatic carbocycles. The Hall–Kier alpha value is -0.690. The maximum absolute atomic E-state index is 13.3. The fourth-order valence-electron chi connectivity index (χ4n) is 2.39. The van der Waals surface area contributed by atoms with Gasteiger partial charge in [0.2, 0.25) is 10.0 Å². The highest BCUT2D eigenvalue weighted by Gasteiger charge is 2.30.